The quantitative estimate of drug-likeness (QED) is 0.799. The zero-order chi connectivity index (χ0) is 13.4. The zero-order valence-electron chi connectivity index (χ0n) is 9.97. The number of imide groups is 1. The molecule has 1 aliphatic heterocycles. The fourth-order valence-electron chi connectivity index (χ4n) is 1.81. The van der Waals surface area contributed by atoms with E-state index in [1.54, 1.807) is 0 Å². The summed E-state index contributed by atoms with van der Waals surface area (Å²) in [6.45, 7) is 1.51. The lowest BCUT2D eigenvalue weighted by molar-refractivity contribution is -0.125. The maximum absolute atomic E-state index is 11.6. The summed E-state index contributed by atoms with van der Waals surface area (Å²) >= 11 is 0. The second-order valence-corrected chi connectivity index (χ2v) is 4.11. The minimum absolute atomic E-state index is 0.0321. The Morgan fingerprint density at radius 1 is 1.50 bits per heavy atom. The van der Waals surface area contributed by atoms with Gasteiger partial charge in [0.15, 0.2) is 0 Å². The van der Waals surface area contributed by atoms with Gasteiger partial charge >= 0.3 is 12.0 Å². The molecular formula is C11H12N2O5. The van der Waals surface area contributed by atoms with Crippen molar-refractivity contribution in [2.24, 2.45) is 0 Å². The highest BCUT2D eigenvalue weighted by Crippen LogP contribution is 2.19. The lowest BCUT2D eigenvalue weighted by Gasteiger charge is -2.11. The SMILES string of the molecule is Cc1oc(CN2C(=O)CN(C)C2=O)cc1C(=O)O. The van der Waals surface area contributed by atoms with Crippen molar-refractivity contribution in [1.82, 2.24) is 9.80 Å². The molecule has 7 nitrogen and oxygen atoms in total. The minimum Gasteiger partial charge on any atom is -0.478 e. The number of aryl methyl sites for hydroxylation is 1. The van der Waals surface area contributed by atoms with E-state index in [0.717, 1.165) is 4.90 Å². The van der Waals surface area contributed by atoms with Crippen LogP contribution in [0, 0.1) is 6.92 Å². The molecule has 1 N–H and O–H groups in total. The second-order valence-electron chi connectivity index (χ2n) is 4.11. The van der Waals surface area contributed by atoms with E-state index < -0.39 is 12.0 Å². The number of hydrogen-bond donors (Lipinski definition) is 1. The summed E-state index contributed by atoms with van der Waals surface area (Å²) in [6, 6.07) is 0.919. The molecule has 1 aromatic rings. The second kappa shape index (κ2) is 4.17. The van der Waals surface area contributed by atoms with E-state index in [-0.39, 0.29) is 36.1 Å². The molecule has 1 aromatic heterocycles. The first-order chi connectivity index (χ1) is 8.40. The van der Waals surface area contributed by atoms with Gasteiger partial charge in [0, 0.05) is 7.05 Å². The van der Waals surface area contributed by atoms with Gasteiger partial charge in [-0.2, -0.15) is 0 Å². The van der Waals surface area contributed by atoms with Crippen LogP contribution in [-0.2, 0) is 11.3 Å². The Hall–Kier alpha value is -2.31. The molecule has 0 saturated carbocycles. The average molecular weight is 252 g/mol. The lowest BCUT2D eigenvalue weighted by Crippen LogP contribution is -2.30. The van der Waals surface area contributed by atoms with Crippen LogP contribution in [0.3, 0.4) is 0 Å². The molecule has 1 fully saturated rings. The van der Waals surface area contributed by atoms with Crippen LogP contribution >= 0.6 is 0 Å². The van der Waals surface area contributed by atoms with Crippen LogP contribution in [0.1, 0.15) is 21.9 Å². The number of likely N-dealkylation sites (N-methyl/N-ethyl adjacent to an activating group) is 1. The van der Waals surface area contributed by atoms with Gasteiger partial charge in [0.1, 0.15) is 23.6 Å². The Bertz CT molecular complexity index is 534. The molecule has 1 aliphatic rings. The summed E-state index contributed by atoms with van der Waals surface area (Å²) in [5, 5.41) is 8.87. The maximum Gasteiger partial charge on any atom is 0.339 e. The molecule has 0 radical (unpaired) electrons. The molecule has 0 unspecified atom stereocenters. The molecular weight excluding hydrogens is 240 g/mol. The highest BCUT2D eigenvalue weighted by Gasteiger charge is 2.34. The van der Waals surface area contributed by atoms with Crippen LogP contribution < -0.4 is 0 Å². The minimum atomic E-state index is -1.10. The Kier molecular flexibility index (Phi) is 2.82. The Morgan fingerprint density at radius 3 is 2.61 bits per heavy atom. The summed E-state index contributed by atoms with van der Waals surface area (Å²) < 4.78 is 5.22. The van der Waals surface area contributed by atoms with Crippen LogP contribution in [0.2, 0.25) is 0 Å². The molecule has 2 heterocycles. The first-order valence-electron chi connectivity index (χ1n) is 5.28. The van der Waals surface area contributed by atoms with Crippen LogP contribution in [0.15, 0.2) is 10.5 Å². The molecule has 0 spiro atoms. The van der Waals surface area contributed by atoms with Gasteiger partial charge in [0.2, 0.25) is 0 Å². The summed E-state index contributed by atoms with van der Waals surface area (Å²) in [7, 11) is 1.52. The summed E-state index contributed by atoms with van der Waals surface area (Å²) in [6.07, 6.45) is 0. The third-order valence-corrected chi connectivity index (χ3v) is 2.74. The number of rotatable bonds is 3. The van der Waals surface area contributed by atoms with E-state index in [2.05, 4.69) is 0 Å². The normalized spacial score (nSPS) is 15.7. The highest BCUT2D eigenvalue weighted by molar-refractivity contribution is 6.01. The van der Waals surface area contributed by atoms with Crippen molar-refractivity contribution in [3.05, 3.63) is 23.2 Å². The Balaban J connectivity index is 2.20. The molecule has 2 rings (SSSR count). The van der Waals surface area contributed by atoms with Crippen molar-refractivity contribution in [3.8, 4) is 0 Å². The molecule has 3 amide bonds. The van der Waals surface area contributed by atoms with Gasteiger partial charge in [-0.3, -0.25) is 9.69 Å². The molecule has 0 aromatic carbocycles. The van der Waals surface area contributed by atoms with Crippen molar-refractivity contribution >= 4 is 17.9 Å². The van der Waals surface area contributed by atoms with Gasteiger partial charge in [-0.25, -0.2) is 9.59 Å². The number of carboxylic acids is 1. The summed E-state index contributed by atoms with van der Waals surface area (Å²) in [4.78, 5) is 36.3. The number of furan rings is 1. The Morgan fingerprint density at radius 2 is 2.17 bits per heavy atom. The van der Waals surface area contributed by atoms with Crippen molar-refractivity contribution in [3.63, 3.8) is 0 Å². The van der Waals surface area contributed by atoms with Crippen molar-refractivity contribution in [1.29, 1.82) is 0 Å². The number of carbonyl (C=O) groups is 3. The van der Waals surface area contributed by atoms with Gasteiger partial charge in [0.05, 0.1) is 6.54 Å². The first kappa shape index (κ1) is 12.2. The summed E-state index contributed by atoms with van der Waals surface area (Å²) in [5.41, 5.74) is 0.0393. The van der Waals surface area contributed by atoms with Crippen LogP contribution in [-0.4, -0.2) is 46.4 Å². The van der Waals surface area contributed by atoms with E-state index in [1.165, 1.54) is 24.9 Å². The van der Waals surface area contributed by atoms with E-state index in [9.17, 15) is 14.4 Å². The third kappa shape index (κ3) is 1.94. The molecule has 0 aliphatic carbocycles. The van der Waals surface area contributed by atoms with Crippen molar-refractivity contribution < 1.29 is 23.9 Å². The van der Waals surface area contributed by atoms with E-state index >= 15 is 0 Å². The number of urea groups is 1. The Labute approximate surface area is 103 Å². The number of hydrogen-bond acceptors (Lipinski definition) is 4. The smallest absolute Gasteiger partial charge is 0.339 e. The number of nitrogens with zero attached hydrogens (tertiary/aromatic N) is 2. The van der Waals surface area contributed by atoms with Gasteiger partial charge in [-0.05, 0) is 13.0 Å². The third-order valence-electron chi connectivity index (χ3n) is 2.74. The van der Waals surface area contributed by atoms with Crippen LogP contribution in [0.25, 0.3) is 0 Å². The molecule has 0 atom stereocenters. The molecule has 7 heteroatoms. The van der Waals surface area contributed by atoms with E-state index in [4.69, 9.17) is 9.52 Å². The number of amides is 3. The lowest BCUT2D eigenvalue weighted by atomic mass is 10.2. The summed E-state index contributed by atoms with van der Waals surface area (Å²) in [5.74, 6) is -0.890. The van der Waals surface area contributed by atoms with Gasteiger partial charge < -0.3 is 14.4 Å². The largest absolute Gasteiger partial charge is 0.478 e. The zero-order valence-corrected chi connectivity index (χ0v) is 9.97. The fraction of sp³-hybridized carbons (Fsp3) is 0.364. The standard InChI is InChI=1S/C11H12N2O5/c1-6-8(10(15)16)3-7(18-6)4-13-9(14)5-12(2)11(13)17/h3H,4-5H2,1-2H3,(H,15,16). The topological polar surface area (TPSA) is 91.1 Å². The van der Waals surface area contributed by atoms with Crippen LogP contribution in [0.5, 0.6) is 0 Å². The van der Waals surface area contributed by atoms with Crippen molar-refractivity contribution in [2.45, 2.75) is 13.5 Å². The maximum atomic E-state index is 11.6. The predicted octanol–water partition coefficient (Wildman–Crippen LogP) is 0.680. The number of carboxylic acid groups (broad SMARTS) is 1. The number of carbonyl (C=O) groups excluding carboxylic acids is 2. The first-order valence-corrected chi connectivity index (χ1v) is 5.28. The number of aromatic carboxylic acids is 1. The fourth-order valence-corrected chi connectivity index (χ4v) is 1.81. The molecule has 96 valence electrons. The molecule has 1 saturated heterocycles. The van der Waals surface area contributed by atoms with Crippen LogP contribution in [0.4, 0.5) is 4.79 Å². The molecule has 18 heavy (non-hydrogen) atoms. The average Bonchev–Trinajstić information content (AvgIpc) is 2.75. The van der Waals surface area contributed by atoms with E-state index in [0.29, 0.717) is 0 Å². The predicted molar refractivity (Wildman–Crippen MR) is 59.0 cm³/mol. The van der Waals surface area contributed by atoms with Gasteiger partial charge in [-0.1, -0.05) is 0 Å². The van der Waals surface area contributed by atoms with Gasteiger partial charge in [-0.15, -0.1) is 0 Å². The van der Waals surface area contributed by atoms with Crippen molar-refractivity contribution in [2.75, 3.05) is 13.6 Å². The van der Waals surface area contributed by atoms with E-state index in [1.807, 2.05) is 0 Å². The monoisotopic (exact) mass is 252 g/mol. The molecule has 0 bridgehead atoms. The highest BCUT2D eigenvalue weighted by atomic mass is 16.4. The van der Waals surface area contributed by atoms with Gasteiger partial charge in [0.25, 0.3) is 5.91 Å².